The van der Waals surface area contributed by atoms with Crippen LogP contribution in [0.5, 0.6) is 0 Å². The van der Waals surface area contributed by atoms with E-state index in [-0.39, 0.29) is 36.0 Å². The Balaban J connectivity index is 0.958. The van der Waals surface area contributed by atoms with E-state index >= 15 is 0 Å². The summed E-state index contributed by atoms with van der Waals surface area (Å²) in [5, 5.41) is 0. The first kappa shape index (κ1) is 37.1. The van der Waals surface area contributed by atoms with Crippen LogP contribution in [0.15, 0.2) is 23.3 Å². The molecule has 6 aliphatic carbocycles. The van der Waals surface area contributed by atoms with Crippen LogP contribution >= 0.6 is 0 Å². The number of carbonyl (C=O) groups is 2. The maximum absolute atomic E-state index is 13.7. The van der Waals surface area contributed by atoms with E-state index in [2.05, 4.69) is 67.5 Å². The normalized spacial score (nSPS) is 41.8. The summed E-state index contributed by atoms with van der Waals surface area (Å²) in [6.45, 7) is 19.9. The van der Waals surface area contributed by atoms with Gasteiger partial charge < -0.3 is 14.2 Å². The summed E-state index contributed by atoms with van der Waals surface area (Å²) in [4.78, 5) is 27.4. The highest BCUT2D eigenvalue weighted by molar-refractivity contribution is 5.78. The lowest BCUT2D eigenvalue weighted by Gasteiger charge is -2.58. The molecule has 0 unspecified atom stereocenters. The SMILES string of the molecule is CC(C)[C@@H]1C=C2CC[C@@H]3[C@](C)(CCC[C@@]3(C)C(=O)OCCOCCOC(=O)[C@]3(C)CCC[C@@]4(C)[C@H]3CCC3=C[C@@H](C(C)C)CC[C@@H]34)[C@H]2CC1. The Bertz CT molecular complexity index is 1180. The van der Waals surface area contributed by atoms with Crippen LogP contribution in [0.25, 0.3) is 0 Å². The fourth-order valence-corrected chi connectivity index (χ4v) is 13.0. The van der Waals surface area contributed by atoms with Crippen molar-refractivity contribution in [3.63, 3.8) is 0 Å². The van der Waals surface area contributed by atoms with Crippen molar-refractivity contribution in [1.82, 2.24) is 0 Å². The van der Waals surface area contributed by atoms with Crippen molar-refractivity contribution in [2.45, 2.75) is 145 Å². The molecule has 5 heteroatoms. The van der Waals surface area contributed by atoms with Crippen LogP contribution in [0, 0.1) is 69.0 Å². The van der Waals surface area contributed by atoms with Gasteiger partial charge in [-0.25, -0.2) is 0 Å². The van der Waals surface area contributed by atoms with E-state index in [0.717, 1.165) is 51.4 Å². The largest absolute Gasteiger partial charge is 0.463 e. The van der Waals surface area contributed by atoms with Gasteiger partial charge in [0.1, 0.15) is 13.2 Å². The van der Waals surface area contributed by atoms with Crippen LogP contribution in [0.1, 0.15) is 145 Å². The number of allylic oxidation sites excluding steroid dienone is 4. The fourth-order valence-electron chi connectivity index (χ4n) is 13.0. The predicted molar refractivity (Wildman–Crippen MR) is 197 cm³/mol. The van der Waals surface area contributed by atoms with Crippen LogP contribution in [-0.2, 0) is 23.8 Å². The number of ether oxygens (including phenoxy) is 3. The highest BCUT2D eigenvalue weighted by Gasteiger charge is 2.60. The van der Waals surface area contributed by atoms with Crippen molar-refractivity contribution in [3.05, 3.63) is 23.3 Å². The van der Waals surface area contributed by atoms with Crippen LogP contribution < -0.4 is 0 Å². The molecule has 0 aromatic rings. The quantitative estimate of drug-likeness (QED) is 0.131. The van der Waals surface area contributed by atoms with E-state index in [1.165, 1.54) is 38.5 Å². The Morgan fingerprint density at radius 2 is 1.02 bits per heavy atom. The van der Waals surface area contributed by atoms with Crippen molar-refractivity contribution in [3.8, 4) is 0 Å². The predicted octanol–water partition coefficient (Wildman–Crippen LogP) is 10.5. The molecule has 0 N–H and O–H groups in total. The van der Waals surface area contributed by atoms with E-state index in [0.29, 0.717) is 60.6 Å². The number of hydrogen-bond donors (Lipinski definition) is 0. The Kier molecular flexibility index (Phi) is 10.9. The second kappa shape index (κ2) is 14.4. The topological polar surface area (TPSA) is 61.8 Å². The summed E-state index contributed by atoms with van der Waals surface area (Å²) in [6.07, 6.45) is 21.2. The monoisotopic (exact) mass is 679 g/mol. The molecular formula is C44H70O5. The number of hydrogen-bond acceptors (Lipinski definition) is 5. The molecule has 0 radical (unpaired) electrons. The minimum atomic E-state index is -0.434. The van der Waals surface area contributed by atoms with Gasteiger partial charge in [-0.15, -0.1) is 0 Å². The number of fused-ring (bicyclic) bond motifs is 6. The zero-order valence-electron chi connectivity index (χ0n) is 32.5. The molecule has 5 nitrogen and oxygen atoms in total. The van der Waals surface area contributed by atoms with E-state index in [4.69, 9.17) is 14.2 Å². The second-order valence-corrected chi connectivity index (χ2v) is 19.2. The van der Waals surface area contributed by atoms with E-state index in [1.807, 2.05) is 0 Å². The summed E-state index contributed by atoms with van der Waals surface area (Å²) in [5.41, 5.74) is 2.84. The van der Waals surface area contributed by atoms with Gasteiger partial charge >= 0.3 is 11.9 Å². The van der Waals surface area contributed by atoms with Gasteiger partial charge in [-0.2, -0.15) is 0 Å². The van der Waals surface area contributed by atoms with Crippen molar-refractivity contribution in [2.75, 3.05) is 26.4 Å². The minimum Gasteiger partial charge on any atom is -0.463 e. The maximum atomic E-state index is 13.7. The molecule has 4 fully saturated rings. The van der Waals surface area contributed by atoms with Gasteiger partial charge in [0.25, 0.3) is 0 Å². The first-order valence-electron chi connectivity index (χ1n) is 20.6. The van der Waals surface area contributed by atoms with Crippen LogP contribution in [0.2, 0.25) is 0 Å². The fraction of sp³-hybridized carbons (Fsp3) is 0.864. The summed E-state index contributed by atoms with van der Waals surface area (Å²) >= 11 is 0. The van der Waals surface area contributed by atoms with Crippen molar-refractivity contribution in [1.29, 1.82) is 0 Å². The van der Waals surface area contributed by atoms with Crippen LogP contribution in [0.3, 0.4) is 0 Å². The van der Waals surface area contributed by atoms with Crippen molar-refractivity contribution < 1.29 is 23.8 Å². The summed E-state index contributed by atoms with van der Waals surface area (Å²) in [7, 11) is 0. The van der Waals surface area contributed by atoms with Crippen LogP contribution in [0.4, 0.5) is 0 Å². The molecule has 0 bridgehead atoms. The zero-order valence-corrected chi connectivity index (χ0v) is 32.5. The number of carbonyl (C=O) groups excluding carboxylic acids is 2. The highest BCUT2D eigenvalue weighted by Crippen LogP contribution is 2.65. The number of rotatable bonds is 10. The molecule has 276 valence electrons. The molecular weight excluding hydrogens is 608 g/mol. The smallest absolute Gasteiger partial charge is 0.312 e. The van der Waals surface area contributed by atoms with Gasteiger partial charge in [-0.1, -0.05) is 77.7 Å². The molecule has 0 aromatic carbocycles. The lowest BCUT2D eigenvalue weighted by molar-refractivity contribution is -0.174. The van der Waals surface area contributed by atoms with Gasteiger partial charge in [-0.3, -0.25) is 9.59 Å². The molecule has 6 rings (SSSR count). The highest BCUT2D eigenvalue weighted by atomic mass is 16.6. The maximum Gasteiger partial charge on any atom is 0.312 e. The molecule has 4 saturated carbocycles. The third-order valence-electron chi connectivity index (χ3n) is 15.9. The van der Waals surface area contributed by atoms with Crippen LogP contribution in [-0.4, -0.2) is 38.4 Å². The van der Waals surface area contributed by atoms with Gasteiger partial charge in [-0.05, 0) is 149 Å². The zero-order chi connectivity index (χ0) is 35.2. The molecule has 6 aliphatic rings. The molecule has 0 aromatic heterocycles. The number of esters is 2. The molecule has 10 atom stereocenters. The minimum absolute atomic E-state index is 0.0433. The average Bonchev–Trinajstić information content (AvgIpc) is 3.06. The average molecular weight is 679 g/mol. The summed E-state index contributed by atoms with van der Waals surface area (Å²) in [5.74, 6) is 4.69. The Hall–Kier alpha value is -1.62. The molecule has 0 aliphatic heterocycles. The second-order valence-electron chi connectivity index (χ2n) is 19.2. The van der Waals surface area contributed by atoms with E-state index < -0.39 is 10.8 Å². The van der Waals surface area contributed by atoms with Gasteiger partial charge in [0.2, 0.25) is 0 Å². The third-order valence-corrected chi connectivity index (χ3v) is 15.9. The first-order chi connectivity index (χ1) is 23.2. The van der Waals surface area contributed by atoms with Gasteiger partial charge in [0, 0.05) is 0 Å². The molecule has 49 heavy (non-hydrogen) atoms. The molecule has 0 heterocycles. The van der Waals surface area contributed by atoms with E-state index in [1.54, 1.807) is 11.1 Å². The van der Waals surface area contributed by atoms with Gasteiger partial charge in [0.05, 0.1) is 24.0 Å². The Morgan fingerprint density at radius 3 is 1.41 bits per heavy atom. The molecule has 0 amide bonds. The standard InChI is InChI=1S/C44H70O5/c1-29(2)31-11-15-35-33(27-31)13-17-37-41(35,5)19-9-21-43(37,7)39(45)48-25-23-47-24-26-49-40(46)44(8)22-10-20-42(6)36-16-12-32(30(3)4)28-34(36)14-18-38(42)44/h27-32,35-38H,9-26H2,1-8H3/t31-,32-,35-,36-,37+,38+,41+,42+,43+,44+/m0/s1. The lowest BCUT2D eigenvalue weighted by Crippen LogP contribution is -2.54. The first-order valence-corrected chi connectivity index (χ1v) is 20.6. The lowest BCUT2D eigenvalue weighted by atomic mass is 9.45. The molecule has 0 spiro atoms. The van der Waals surface area contributed by atoms with E-state index in [9.17, 15) is 9.59 Å². The third kappa shape index (κ3) is 6.74. The summed E-state index contributed by atoms with van der Waals surface area (Å²) < 4.78 is 17.7. The van der Waals surface area contributed by atoms with Gasteiger partial charge in [0.15, 0.2) is 0 Å². The van der Waals surface area contributed by atoms with Crippen molar-refractivity contribution in [2.24, 2.45) is 69.0 Å². The summed E-state index contributed by atoms with van der Waals surface area (Å²) in [6, 6.07) is 0. The Labute approximate surface area is 299 Å². The Morgan fingerprint density at radius 1 is 0.612 bits per heavy atom. The van der Waals surface area contributed by atoms with Crippen molar-refractivity contribution >= 4 is 11.9 Å². The molecule has 0 saturated heterocycles.